The van der Waals surface area contributed by atoms with Gasteiger partial charge >= 0.3 is 7.12 Å². The predicted molar refractivity (Wildman–Crippen MR) is 78.6 cm³/mol. The zero-order valence-electron chi connectivity index (χ0n) is 12.3. The fourth-order valence-electron chi connectivity index (χ4n) is 2.03. The molecule has 0 aromatic heterocycles. The van der Waals surface area contributed by atoms with Crippen molar-refractivity contribution in [3.05, 3.63) is 23.5 Å². The van der Waals surface area contributed by atoms with Crippen LogP contribution in [0.1, 0.15) is 33.3 Å². The predicted octanol–water partition coefficient (Wildman–Crippen LogP) is 3.16. The Morgan fingerprint density at radius 3 is 2.11 bits per heavy atom. The normalized spacial score (nSPS) is 20.9. The summed E-state index contributed by atoms with van der Waals surface area (Å²) < 4.78 is 26.1. The molecule has 1 aliphatic rings. The van der Waals surface area contributed by atoms with E-state index in [1.54, 1.807) is 13.0 Å². The monoisotopic (exact) mass is 282 g/mol. The van der Waals surface area contributed by atoms with E-state index >= 15 is 0 Å². The van der Waals surface area contributed by atoms with Crippen LogP contribution in [0.2, 0.25) is 0 Å². The van der Waals surface area contributed by atoms with Crippen molar-refractivity contribution in [1.29, 1.82) is 0 Å². The van der Waals surface area contributed by atoms with Gasteiger partial charge in [0.1, 0.15) is 5.82 Å². The fourth-order valence-corrected chi connectivity index (χ4v) is 2.77. The van der Waals surface area contributed by atoms with Crippen LogP contribution in [0.25, 0.3) is 0 Å². The zero-order valence-corrected chi connectivity index (χ0v) is 13.2. The SMILES string of the molecule is CSc1c(B2OC(C)(C)C(C)(C)O2)ccc(C)c1F. The van der Waals surface area contributed by atoms with Gasteiger partial charge in [0, 0.05) is 4.90 Å². The van der Waals surface area contributed by atoms with Gasteiger partial charge in [-0.05, 0) is 51.9 Å². The average molecular weight is 282 g/mol. The van der Waals surface area contributed by atoms with Gasteiger partial charge < -0.3 is 9.31 Å². The van der Waals surface area contributed by atoms with Crippen molar-refractivity contribution in [2.24, 2.45) is 0 Å². The lowest BCUT2D eigenvalue weighted by Gasteiger charge is -2.32. The van der Waals surface area contributed by atoms with Gasteiger partial charge in [-0.15, -0.1) is 11.8 Å². The van der Waals surface area contributed by atoms with Gasteiger partial charge in [0.25, 0.3) is 0 Å². The third kappa shape index (κ3) is 2.44. The average Bonchev–Trinajstić information content (AvgIpc) is 2.51. The molecule has 0 saturated carbocycles. The van der Waals surface area contributed by atoms with E-state index in [-0.39, 0.29) is 5.82 Å². The molecular formula is C14H20BFO2S. The first-order valence-corrected chi connectivity index (χ1v) is 7.61. The third-order valence-electron chi connectivity index (χ3n) is 4.03. The third-order valence-corrected chi connectivity index (χ3v) is 4.86. The minimum absolute atomic E-state index is 0.181. The number of thioether (sulfide) groups is 1. The lowest BCUT2D eigenvalue weighted by atomic mass is 9.78. The maximum absolute atomic E-state index is 14.2. The van der Waals surface area contributed by atoms with E-state index in [1.807, 2.05) is 40.0 Å². The maximum Gasteiger partial charge on any atom is 0.496 e. The van der Waals surface area contributed by atoms with E-state index in [9.17, 15) is 4.39 Å². The second-order valence-electron chi connectivity index (χ2n) is 5.91. The zero-order chi connectivity index (χ0) is 14.4. The summed E-state index contributed by atoms with van der Waals surface area (Å²) in [6.45, 7) is 9.75. The standard InChI is InChI=1S/C14H20BFO2S/c1-9-7-8-10(12(19-6)11(9)16)15-17-13(2,3)14(4,5)18-15/h7-8H,1-6H3. The second kappa shape index (κ2) is 4.79. The summed E-state index contributed by atoms with van der Waals surface area (Å²) in [5, 5.41) is 0. The van der Waals surface area contributed by atoms with E-state index < -0.39 is 18.3 Å². The van der Waals surface area contributed by atoms with Crippen molar-refractivity contribution >= 4 is 24.3 Å². The minimum Gasteiger partial charge on any atom is -0.399 e. The summed E-state index contributed by atoms with van der Waals surface area (Å²) in [5.41, 5.74) is 0.600. The number of halogens is 1. The van der Waals surface area contributed by atoms with Crippen LogP contribution in [0.3, 0.4) is 0 Å². The largest absolute Gasteiger partial charge is 0.496 e. The van der Waals surface area contributed by atoms with Crippen LogP contribution in [0.4, 0.5) is 4.39 Å². The van der Waals surface area contributed by atoms with Crippen LogP contribution in [-0.2, 0) is 9.31 Å². The first-order chi connectivity index (χ1) is 8.69. The Labute approximate surface area is 119 Å². The highest BCUT2D eigenvalue weighted by molar-refractivity contribution is 7.98. The van der Waals surface area contributed by atoms with Crippen molar-refractivity contribution in [2.75, 3.05) is 6.26 Å². The first-order valence-electron chi connectivity index (χ1n) is 6.38. The van der Waals surface area contributed by atoms with Crippen LogP contribution in [-0.4, -0.2) is 24.6 Å². The smallest absolute Gasteiger partial charge is 0.399 e. The summed E-state index contributed by atoms with van der Waals surface area (Å²) in [4.78, 5) is 0.610. The second-order valence-corrected chi connectivity index (χ2v) is 6.72. The van der Waals surface area contributed by atoms with Gasteiger partial charge in [-0.3, -0.25) is 0 Å². The molecule has 19 heavy (non-hydrogen) atoms. The molecule has 0 bridgehead atoms. The Kier molecular flexibility index (Phi) is 3.76. The summed E-state index contributed by atoms with van der Waals surface area (Å²) >= 11 is 1.39. The van der Waals surface area contributed by atoms with Crippen molar-refractivity contribution in [1.82, 2.24) is 0 Å². The Morgan fingerprint density at radius 1 is 1.11 bits per heavy atom. The van der Waals surface area contributed by atoms with E-state index in [0.29, 0.717) is 10.5 Å². The van der Waals surface area contributed by atoms with Gasteiger partial charge in [-0.2, -0.15) is 0 Å². The molecule has 0 atom stereocenters. The van der Waals surface area contributed by atoms with E-state index in [0.717, 1.165) is 5.46 Å². The number of aryl methyl sites for hydroxylation is 1. The number of benzene rings is 1. The van der Waals surface area contributed by atoms with Crippen LogP contribution in [0.15, 0.2) is 17.0 Å². The molecular weight excluding hydrogens is 262 g/mol. The number of rotatable bonds is 2. The van der Waals surface area contributed by atoms with E-state index in [4.69, 9.17) is 9.31 Å². The maximum atomic E-state index is 14.2. The molecule has 1 aromatic rings. The summed E-state index contributed by atoms with van der Waals surface area (Å²) in [5.74, 6) is -0.181. The molecule has 0 aliphatic carbocycles. The van der Waals surface area contributed by atoms with E-state index in [2.05, 4.69) is 0 Å². The molecule has 104 valence electrons. The molecule has 1 aromatic carbocycles. The van der Waals surface area contributed by atoms with Crippen LogP contribution < -0.4 is 5.46 Å². The van der Waals surface area contributed by atoms with Crippen LogP contribution >= 0.6 is 11.8 Å². The van der Waals surface area contributed by atoms with Gasteiger partial charge in [-0.1, -0.05) is 12.1 Å². The van der Waals surface area contributed by atoms with Crippen LogP contribution in [0.5, 0.6) is 0 Å². The highest BCUT2D eigenvalue weighted by atomic mass is 32.2. The summed E-state index contributed by atoms with van der Waals surface area (Å²) in [6.07, 6.45) is 1.87. The molecule has 0 spiro atoms. The molecule has 5 heteroatoms. The van der Waals surface area contributed by atoms with Gasteiger partial charge in [-0.25, -0.2) is 4.39 Å². The number of hydrogen-bond acceptors (Lipinski definition) is 3. The van der Waals surface area contributed by atoms with Gasteiger partial charge in [0.2, 0.25) is 0 Å². The molecule has 0 N–H and O–H groups in total. The lowest BCUT2D eigenvalue weighted by Crippen LogP contribution is -2.41. The lowest BCUT2D eigenvalue weighted by molar-refractivity contribution is 0.00578. The van der Waals surface area contributed by atoms with Crippen LogP contribution in [0, 0.1) is 12.7 Å². The highest BCUT2D eigenvalue weighted by Gasteiger charge is 2.52. The fraction of sp³-hybridized carbons (Fsp3) is 0.571. The molecule has 1 saturated heterocycles. The summed E-state index contributed by atoms with van der Waals surface area (Å²) in [7, 11) is -0.512. The van der Waals surface area contributed by atoms with Crippen molar-refractivity contribution < 1.29 is 13.7 Å². The first kappa shape index (κ1) is 14.9. The quantitative estimate of drug-likeness (QED) is 0.613. The Morgan fingerprint density at radius 2 is 1.63 bits per heavy atom. The molecule has 1 heterocycles. The molecule has 0 radical (unpaired) electrons. The molecule has 0 unspecified atom stereocenters. The summed E-state index contributed by atoms with van der Waals surface area (Å²) in [6, 6.07) is 3.67. The molecule has 1 fully saturated rings. The van der Waals surface area contributed by atoms with E-state index in [1.165, 1.54) is 11.8 Å². The van der Waals surface area contributed by atoms with Crippen molar-refractivity contribution in [2.45, 2.75) is 50.7 Å². The molecule has 2 rings (SSSR count). The highest BCUT2D eigenvalue weighted by Crippen LogP contribution is 2.37. The Hall–Kier alpha value is -0.515. The Bertz CT molecular complexity index is 486. The van der Waals surface area contributed by atoms with Crippen molar-refractivity contribution in [3.8, 4) is 0 Å². The molecule has 0 amide bonds. The Balaban J connectivity index is 2.43. The molecule has 1 aliphatic heterocycles. The topological polar surface area (TPSA) is 18.5 Å². The number of hydrogen-bond donors (Lipinski definition) is 0. The van der Waals surface area contributed by atoms with Gasteiger partial charge in [0.15, 0.2) is 0 Å². The van der Waals surface area contributed by atoms with Crippen molar-refractivity contribution in [3.63, 3.8) is 0 Å². The van der Waals surface area contributed by atoms with Gasteiger partial charge in [0.05, 0.1) is 11.2 Å². The minimum atomic E-state index is -0.512. The molecule has 2 nitrogen and oxygen atoms in total.